The van der Waals surface area contributed by atoms with Crippen LogP contribution < -0.4 is 5.32 Å². The lowest BCUT2D eigenvalue weighted by Gasteiger charge is -2.18. The van der Waals surface area contributed by atoms with Crippen LogP contribution in [0.4, 0.5) is 4.39 Å². The summed E-state index contributed by atoms with van der Waals surface area (Å²) in [7, 11) is 1.65. The van der Waals surface area contributed by atoms with Gasteiger partial charge in [0.1, 0.15) is 0 Å². The van der Waals surface area contributed by atoms with Gasteiger partial charge in [0.05, 0.1) is 7.05 Å². The van der Waals surface area contributed by atoms with Gasteiger partial charge in [-0.2, -0.15) is 4.80 Å². The summed E-state index contributed by atoms with van der Waals surface area (Å²) >= 11 is 0. The minimum absolute atomic E-state index is 0.226. The summed E-state index contributed by atoms with van der Waals surface area (Å²) < 4.78 is 14.4. The van der Waals surface area contributed by atoms with Crippen molar-refractivity contribution in [1.29, 1.82) is 0 Å². The molecule has 1 fully saturated rings. The van der Waals surface area contributed by atoms with Gasteiger partial charge in [0.2, 0.25) is 5.82 Å². The molecule has 0 amide bonds. The summed E-state index contributed by atoms with van der Waals surface area (Å²) in [4.78, 5) is 1.30. The highest BCUT2D eigenvalue weighted by Crippen LogP contribution is 2.32. The van der Waals surface area contributed by atoms with E-state index in [1.54, 1.807) is 7.05 Å². The van der Waals surface area contributed by atoms with Crippen molar-refractivity contribution in [2.75, 3.05) is 13.1 Å². The Labute approximate surface area is 81.7 Å². The maximum absolute atomic E-state index is 14.4. The molecule has 1 unspecified atom stereocenters. The third kappa shape index (κ3) is 1.75. The average Bonchev–Trinajstić information content (AvgIpc) is 2.47. The van der Waals surface area contributed by atoms with E-state index >= 15 is 0 Å². The first-order valence-electron chi connectivity index (χ1n) is 4.85. The molecule has 1 aliphatic rings. The molecule has 1 atom stereocenters. The number of nitrogens with one attached hydrogen (secondary N) is 1. The third-order valence-corrected chi connectivity index (χ3v) is 2.53. The van der Waals surface area contributed by atoms with Gasteiger partial charge >= 0.3 is 0 Å². The van der Waals surface area contributed by atoms with Crippen LogP contribution in [0.25, 0.3) is 0 Å². The lowest BCUT2D eigenvalue weighted by atomic mass is 9.96. The maximum atomic E-state index is 14.4. The Balaban J connectivity index is 2.20. The van der Waals surface area contributed by atoms with E-state index in [0.29, 0.717) is 19.4 Å². The molecule has 1 aromatic heterocycles. The monoisotopic (exact) mass is 199 g/mol. The van der Waals surface area contributed by atoms with E-state index in [-0.39, 0.29) is 5.82 Å². The van der Waals surface area contributed by atoms with Crippen LogP contribution in [0, 0.1) is 0 Å². The number of tetrazole rings is 1. The molecule has 0 aliphatic carbocycles. The first kappa shape index (κ1) is 9.51. The Morgan fingerprint density at radius 2 is 2.29 bits per heavy atom. The second kappa shape index (κ2) is 3.61. The van der Waals surface area contributed by atoms with E-state index in [0.717, 1.165) is 13.0 Å². The average molecular weight is 199 g/mol. The molecule has 0 saturated carbocycles. The van der Waals surface area contributed by atoms with Gasteiger partial charge in [0.15, 0.2) is 5.67 Å². The van der Waals surface area contributed by atoms with Crippen LogP contribution in [0.15, 0.2) is 0 Å². The van der Waals surface area contributed by atoms with Crippen LogP contribution in [-0.2, 0) is 12.7 Å². The first-order valence-corrected chi connectivity index (χ1v) is 4.85. The maximum Gasteiger partial charge on any atom is 0.211 e. The Morgan fingerprint density at radius 3 is 3.00 bits per heavy atom. The zero-order valence-electron chi connectivity index (χ0n) is 8.20. The summed E-state index contributed by atoms with van der Waals surface area (Å²) in [6, 6.07) is 0. The second-order valence-corrected chi connectivity index (χ2v) is 3.67. The normalized spacial score (nSPS) is 28.7. The highest BCUT2D eigenvalue weighted by Gasteiger charge is 2.36. The van der Waals surface area contributed by atoms with Crippen molar-refractivity contribution in [3.05, 3.63) is 5.82 Å². The van der Waals surface area contributed by atoms with Gasteiger partial charge < -0.3 is 5.32 Å². The zero-order chi connectivity index (χ0) is 10.0. The molecule has 0 aromatic carbocycles. The fourth-order valence-corrected chi connectivity index (χ4v) is 1.72. The minimum atomic E-state index is -1.39. The highest BCUT2D eigenvalue weighted by atomic mass is 19.1. The smallest absolute Gasteiger partial charge is 0.211 e. The predicted octanol–water partition coefficient (Wildman–Crippen LogP) is 0.148. The summed E-state index contributed by atoms with van der Waals surface area (Å²) in [6.45, 7) is 1.54. The minimum Gasteiger partial charge on any atom is -0.317 e. The van der Waals surface area contributed by atoms with Crippen molar-refractivity contribution < 1.29 is 4.39 Å². The number of aromatic nitrogens is 4. The molecule has 1 aromatic rings. The van der Waals surface area contributed by atoms with Gasteiger partial charge in [-0.05, 0) is 31.1 Å². The van der Waals surface area contributed by atoms with E-state index in [2.05, 4.69) is 20.7 Å². The number of halogens is 1. The largest absolute Gasteiger partial charge is 0.317 e. The third-order valence-electron chi connectivity index (χ3n) is 2.53. The van der Waals surface area contributed by atoms with Crippen molar-refractivity contribution in [3.8, 4) is 0 Å². The van der Waals surface area contributed by atoms with Crippen molar-refractivity contribution in [2.45, 2.75) is 24.9 Å². The quantitative estimate of drug-likeness (QED) is 0.699. The zero-order valence-corrected chi connectivity index (χ0v) is 8.20. The molecule has 0 radical (unpaired) electrons. The number of aryl methyl sites for hydroxylation is 1. The molecular weight excluding hydrogens is 185 g/mol. The van der Waals surface area contributed by atoms with Crippen LogP contribution in [0.1, 0.15) is 25.1 Å². The Bertz CT molecular complexity index is 302. The number of rotatable bonds is 1. The molecule has 78 valence electrons. The number of alkyl halides is 1. The number of hydrogen-bond acceptors (Lipinski definition) is 4. The summed E-state index contributed by atoms with van der Waals surface area (Å²) in [6.07, 6.45) is 1.72. The Kier molecular flexibility index (Phi) is 2.45. The molecule has 0 bridgehead atoms. The topological polar surface area (TPSA) is 55.6 Å². The van der Waals surface area contributed by atoms with Crippen LogP contribution in [0.5, 0.6) is 0 Å². The molecule has 2 rings (SSSR count). The lowest BCUT2D eigenvalue weighted by Crippen LogP contribution is -2.24. The SMILES string of the molecule is Cn1nnc(C2(F)CCCNCC2)n1. The fraction of sp³-hybridized carbons (Fsp3) is 0.875. The van der Waals surface area contributed by atoms with Gasteiger partial charge in [-0.3, -0.25) is 0 Å². The molecule has 1 saturated heterocycles. The lowest BCUT2D eigenvalue weighted by molar-refractivity contribution is 0.132. The van der Waals surface area contributed by atoms with Crippen LogP contribution in [-0.4, -0.2) is 33.3 Å². The van der Waals surface area contributed by atoms with Crippen molar-refractivity contribution >= 4 is 0 Å². The Morgan fingerprint density at radius 1 is 1.43 bits per heavy atom. The summed E-state index contributed by atoms with van der Waals surface area (Å²) in [5.74, 6) is 0.226. The van der Waals surface area contributed by atoms with E-state index < -0.39 is 5.67 Å². The van der Waals surface area contributed by atoms with E-state index in [9.17, 15) is 4.39 Å². The van der Waals surface area contributed by atoms with Gasteiger partial charge in [-0.1, -0.05) is 0 Å². The number of hydrogen-bond donors (Lipinski definition) is 1. The van der Waals surface area contributed by atoms with Crippen molar-refractivity contribution in [2.24, 2.45) is 7.05 Å². The predicted molar refractivity (Wildman–Crippen MR) is 48.3 cm³/mol. The van der Waals surface area contributed by atoms with E-state index in [1.165, 1.54) is 4.80 Å². The first-order chi connectivity index (χ1) is 6.71. The molecule has 1 aliphatic heterocycles. The highest BCUT2D eigenvalue weighted by molar-refractivity contribution is 4.99. The van der Waals surface area contributed by atoms with Gasteiger partial charge in [-0.15, -0.1) is 10.2 Å². The Hall–Kier alpha value is -1.04. The van der Waals surface area contributed by atoms with Crippen LogP contribution in [0.3, 0.4) is 0 Å². The molecular formula is C8H14FN5. The van der Waals surface area contributed by atoms with Gasteiger partial charge in [-0.25, -0.2) is 4.39 Å². The second-order valence-electron chi connectivity index (χ2n) is 3.67. The van der Waals surface area contributed by atoms with Crippen molar-refractivity contribution in [3.63, 3.8) is 0 Å². The molecule has 6 heteroatoms. The standard InChI is InChI=1S/C8H14FN5/c1-14-12-7(11-13-14)8(9)3-2-5-10-6-4-8/h10H,2-6H2,1H3. The molecule has 5 nitrogen and oxygen atoms in total. The van der Waals surface area contributed by atoms with Crippen LogP contribution in [0.2, 0.25) is 0 Å². The summed E-state index contributed by atoms with van der Waals surface area (Å²) in [5.41, 5.74) is -1.39. The fourth-order valence-electron chi connectivity index (χ4n) is 1.72. The molecule has 1 N–H and O–H groups in total. The van der Waals surface area contributed by atoms with E-state index in [1.807, 2.05) is 0 Å². The van der Waals surface area contributed by atoms with Gasteiger partial charge in [0.25, 0.3) is 0 Å². The molecule has 0 spiro atoms. The number of nitrogens with zero attached hydrogens (tertiary/aromatic N) is 4. The molecule has 2 heterocycles. The van der Waals surface area contributed by atoms with Gasteiger partial charge in [0, 0.05) is 6.42 Å². The van der Waals surface area contributed by atoms with E-state index in [4.69, 9.17) is 0 Å². The van der Waals surface area contributed by atoms with Crippen LogP contribution >= 0.6 is 0 Å². The summed E-state index contributed by atoms with van der Waals surface area (Å²) in [5, 5.41) is 14.5. The van der Waals surface area contributed by atoms with Crippen molar-refractivity contribution in [1.82, 2.24) is 25.5 Å². The molecule has 14 heavy (non-hydrogen) atoms.